The summed E-state index contributed by atoms with van der Waals surface area (Å²) in [5.74, 6) is -2.49. The van der Waals surface area contributed by atoms with Crippen LogP contribution in [0.2, 0.25) is 5.15 Å². The number of nitrogens with zero attached hydrogens (tertiary/aromatic N) is 2. The highest BCUT2D eigenvalue weighted by atomic mass is 35.5. The second-order valence-corrected chi connectivity index (χ2v) is 4.65. The molecule has 1 atom stereocenters. The first kappa shape index (κ1) is 15.8. The molecule has 0 spiro atoms. The van der Waals surface area contributed by atoms with Gasteiger partial charge in [0.25, 0.3) is 5.91 Å². The number of carbonyl (C=O) groups excluding carboxylic acids is 1. The molecule has 1 aromatic rings. The number of aliphatic carboxylic acids is 1. The molecule has 0 radical (unpaired) electrons. The Bertz CT molecular complexity index is 561. The fourth-order valence-electron chi connectivity index (χ4n) is 1.52. The van der Waals surface area contributed by atoms with Gasteiger partial charge in [-0.05, 0) is 12.0 Å². The molecule has 1 heterocycles. The third-order valence-corrected chi connectivity index (χ3v) is 2.80. The lowest BCUT2D eigenvalue weighted by atomic mass is 10.0. The maximum atomic E-state index is 12.0. The van der Waals surface area contributed by atoms with Crippen LogP contribution >= 0.6 is 11.6 Å². The standard InChI is InChI=1S/C11H12ClN3O5/c1-5(2)7(11(17)18)14-10(16)6-3-4-13-9(12)8(6)15(19)20/h3-5,7H,1-2H3,(H,14,16)(H,17,18)/t7-/m0/s1. The number of rotatable bonds is 5. The lowest BCUT2D eigenvalue weighted by Crippen LogP contribution is -2.44. The molecular weight excluding hydrogens is 290 g/mol. The van der Waals surface area contributed by atoms with Gasteiger partial charge in [-0.1, -0.05) is 25.4 Å². The molecule has 0 saturated carbocycles. The van der Waals surface area contributed by atoms with Crippen molar-refractivity contribution in [3.05, 3.63) is 33.1 Å². The van der Waals surface area contributed by atoms with E-state index >= 15 is 0 Å². The van der Waals surface area contributed by atoms with Gasteiger partial charge in [-0.3, -0.25) is 14.9 Å². The molecule has 0 unspecified atom stereocenters. The van der Waals surface area contributed by atoms with E-state index in [9.17, 15) is 19.7 Å². The van der Waals surface area contributed by atoms with E-state index in [4.69, 9.17) is 16.7 Å². The van der Waals surface area contributed by atoms with Gasteiger partial charge >= 0.3 is 11.7 Å². The zero-order valence-corrected chi connectivity index (χ0v) is 11.4. The highest BCUT2D eigenvalue weighted by molar-refractivity contribution is 6.32. The highest BCUT2D eigenvalue weighted by Crippen LogP contribution is 2.26. The molecule has 1 rings (SSSR count). The van der Waals surface area contributed by atoms with Crippen LogP contribution in [0.3, 0.4) is 0 Å². The fourth-order valence-corrected chi connectivity index (χ4v) is 1.75. The van der Waals surface area contributed by atoms with Gasteiger partial charge in [0.1, 0.15) is 11.6 Å². The van der Waals surface area contributed by atoms with Gasteiger partial charge in [-0.2, -0.15) is 0 Å². The molecule has 0 aliphatic rings. The molecule has 9 heteroatoms. The van der Waals surface area contributed by atoms with E-state index in [2.05, 4.69) is 10.3 Å². The van der Waals surface area contributed by atoms with Gasteiger partial charge in [0, 0.05) is 6.20 Å². The van der Waals surface area contributed by atoms with Gasteiger partial charge < -0.3 is 10.4 Å². The Morgan fingerprint density at radius 2 is 2.10 bits per heavy atom. The first-order valence-corrected chi connectivity index (χ1v) is 5.96. The zero-order chi connectivity index (χ0) is 15.4. The van der Waals surface area contributed by atoms with E-state index in [-0.39, 0.29) is 11.5 Å². The summed E-state index contributed by atoms with van der Waals surface area (Å²) in [4.78, 5) is 36.6. The molecular formula is C11H12ClN3O5. The number of pyridine rings is 1. The molecule has 2 N–H and O–H groups in total. The molecule has 0 aromatic carbocycles. The normalized spacial score (nSPS) is 12.0. The Kier molecular flexibility index (Phi) is 4.98. The van der Waals surface area contributed by atoms with Crippen LogP contribution in [-0.2, 0) is 4.79 Å². The molecule has 108 valence electrons. The van der Waals surface area contributed by atoms with E-state index in [1.165, 1.54) is 0 Å². The van der Waals surface area contributed by atoms with Crippen molar-refractivity contribution >= 4 is 29.2 Å². The summed E-state index contributed by atoms with van der Waals surface area (Å²) in [6, 6.07) is -0.0486. The lowest BCUT2D eigenvalue weighted by Gasteiger charge is -2.17. The second-order valence-electron chi connectivity index (χ2n) is 4.29. The number of nitrogens with one attached hydrogen (secondary N) is 1. The van der Waals surface area contributed by atoms with E-state index in [0.717, 1.165) is 12.3 Å². The van der Waals surface area contributed by atoms with Gasteiger partial charge in [0.2, 0.25) is 5.15 Å². The Morgan fingerprint density at radius 3 is 2.55 bits per heavy atom. The zero-order valence-electron chi connectivity index (χ0n) is 10.7. The predicted molar refractivity (Wildman–Crippen MR) is 69.6 cm³/mol. The molecule has 1 amide bonds. The van der Waals surface area contributed by atoms with E-state index < -0.39 is 33.7 Å². The first-order valence-electron chi connectivity index (χ1n) is 5.58. The summed E-state index contributed by atoms with van der Waals surface area (Å²) in [5, 5.41) is 21.7. The van der Waals surface area contributed by atoms with Crippen molar-refractivity contribution in [1.29, 1.82) is 0 Å². The fraction of sp³-hybridized carbons (Fsp3) is 0.364. The second kappa shape index (κ2) is 6.29. The molecule has 1 aromatic heterocycles. The molecule has 20 heavy (non-hydrogen) atoms. The van der Waals surface area contributed by atoms with Crippen molar-refractivity contribution in [2.45, 2.75) is 19.9 Å². The largest absolute Gasteiger partial charge is 0.480 e. The summed E-state index contributed by atoms with van der Waals surface area (Å²) in [6.07, 6.45) is 1.13. The SMILES string of the molecule is CC(C)[C@H](NC(=O)c1ccnc(Cl)c1[N+](=O)[O-])C(=O)O. The number of carboxylic acids is 1. The maximum Gasteiger partial charge on any atom is 0.326 e. The van der Waals surface area contributed by atoms with Crippen LogP contribution in [0.4, 0.5) is 5.69 Å². The molecule has 0 bridgehead atoms. The van der Waals surface area contributed by atoms with E-state index in [1.54, 1.807) is 13.8 Å². The Balaban J connectivity index is 3.13. The number of carboxylic acid groups (broad SMARTS) is 1. The summed E-state index contributed by atoms with van der Waals surface area (Å²) >= 11 is 5.58. The van der Waals surface area contributed by atoms with Crippen LogP contribution in [0.5, 0.6) is 0 Å². The Morgan fingerprint density at radius 1 is 1.50 bits per heavy atom. The number of halogens is 1. The molecule has 0 fully saturated rings. The number of aromatic nitrogens is 1. The maximum absolute atomic E-state index is 12.0. The van der Waals surface area contributed by atoms with E-state index in [1.807, 2.05) is 0 Å². The topological polar surface area (TPSA) is 122 Å². The summed E-state index contributed by atoms with van der Waals surface area (Å²) < 4.78 is 0. The third kappa shape index (κ3) is 3.41. The quantitative estimate of drug-likeness (QED) is 0.482. The predicted octanol–water partition coefficient (Wildman–Crippen LogP) is 1.48. The summed E-state index contributed by atoms with van der Waals surface area (Å²) in [6.45, 7) is 3.21. The first-order chi connectivity index (χ1) is 9.25. The lowest BCUT2D eigenvalue weighted by molar-refractivity contribution is -0.385. The van der Waals surface area contributed by atoms with E-state index in [0.29, 0.717) is 0 Å². The summed E-state index contributed by atoms with van der Waals surface area (Å²) in [7, 11) is 0. The van der Waals surface area contributed by atoms with Crippen LogP contribution < -0.4 is 5.32 Å². The number of amides is 1. The van der Waals surface area contributed by atoms with Crippen LogP contribution in [0.1, 0.15) is 24.2 Å². The van der Waals surface area contributed by atoms with Crippen LogP contribution in [0, 0.1) is 16.0 Å². The highest BCUT2D eigenvalue weighted by Gasteiger charge is 2.29. The van der Waals surface area contributed by atoms with Crippen LogP contribution in [0.15, 0.2) is 12.3 Å². The molecule has 0 aliphatic heterocycles. The molecule has 0 aliphatic carbocycles. The summed E-state index contributed by atoms with van der Waals surface area (Å²) in [5.41, 5.74) is -0.985. The van der Waals surface area contributed by atoms with Crippen molar-refractivity contribution < 1.29 is 19.6 Å². The number of hydrogen-bond donors (Lipinski definition) is 2. The Labute approximate surface area is 118 Å². The number of hydrogen-bond acceptors (Lipinski definition) is 5. The Hall–Kier alpha value is -2.22. The molecule has 0 saturated heterocycles. The van der Waals surface area contributed by atoms with Gasteiger partial charge in [0.15, 0.2) is 0 Å². The van der Waals surface area contributed by atoms with Gasteiger partial charge in [-0.25, -0.2) is 9.78 Å². The average Bonchev–Trinajstić information content (AvgIpc) is 2.33. The third-order valence-electron chi connectivity index (χ3n) is 2.53. The van der Waals surface area contributed by atoms with Gasteiger partial charge in [-0.15, -0.1) is 0 Å². The minimum Gasteiger partial charge on any atom is -0.480 e. The van der Waals surface area contributed by atoms with Crippen molar-refractivity contribution in [2.75, 3.05) is 0 Å². The minimum atomic E-state index is -1.23. The van der Waals surface area contributed by atoms with Crippen LogP contribution in [-0.4, -0.2) is 32.9 Å². The van der Waals surface area contributed by atoms with Crippen molar-refractivity contribution in [3.8, 4) is 0 Å². The van der Waals surface area contributed by atoms with Gasteiger partial charge in [0.05, 0.1) is 4.92 Å². The van der Waals surface area contributed by atoms with Crippen molar-refractivity contribution in [1.82, 2.24) is 10.3 Å². The minimum absolute atomic E-state index is 0.332. The number of nitro groups is 1. The monoisotopic (exact) mass is 301 g/mol. The van der Waals surface area contributed by atoms with Crippen LogP contribution in [0.25, 0.3) is 0 Å². The van der Waals surface area contributed by atoms with Crippen molar-refractivity contribution in [3.63, 3.8) is 0 Å². The average molecular weight is 302 g/mol. The smallest absolute Gasteiger partial charge is 0.326 e. The van der Waals surface area contributed by atoms with Crippen molar-refractivity contribution in [2.24, 2.45) is 5.92 Å². The number of carbonyl (C=O) groups is 2. The molecule has 8 nitrogen and oxygen atoms in total.